The van der Waals surface area contributed by atoms with E-state index < -0.39 is 17.4 Å². The lowest BCUT2D eigenvalue weighted by Gasteiger charge is -2.13. The lowest BCUT2D eigenvalue weighted by Crippen LogP contribution is -2.20. The van der Waals surface area contributed by atoms with Gasteiger partial charge >= 0.3 is 11.9 Å². The standard InChI is InChI=1S/C16H13F3N2O/c1-10-5-4-8-13-14(10)21(15(22)20-13)9-11-6-2-3-7-12(11)16(17,18)19/h2-8H,9H2,1H3,(H,20,22). The second-order valence-electron chi connectivity index (χ2n) is 5.14. The van der Waals surface area contributed by atoms with E-state index in [2.05, 4.69) is 4.98 Å². The number of halogens is 3. The van der Waals surface area contributed by atoms with Crippen molar-refractivity contribution in [3.8, 4) is 0 Å². The SMILES string of the molecule is Cc1cccc2[nH]c(=O)n(Cc3ccccc3C(F)(F)F)c12. The smallest absolute Gasteiger partial charge is 0.306 e. The molecule has 0 aliphatic heterocycles. The molecule has 2 aromatic carbocycles. The zero-order valence-corrected chi connectivity index (χ0v) is 11.7. The summed E-state index contributed by atoms with van der Waals surface area (Å²) < 4.78 is 40.6. The Morgan fingerprint density at radius 1 is 1.09 bits per heavy atom. The van der Waals surface area contributed by atoms with Crippen LogP contribution in [0.15, 0.2) is 47.3 Å². The summed E-state index contributed by atoms with van der Waals surface area (Å²) >= 11 is 0. The van der Waals surface area contributed by atoms with Crippen molar-refractivity contribution in [1.82, 2.24) is 9.55 Å². The van der Waals surface area contributed by atoms with E-state index in [4.69, 9.17) is 0 Å². The maximum atomic E-state index is 13.1. The molecule has 3 rings (SSSR count). The highest BCUT2D eigenvalue weighted by Gasteiger charge is 2.33. The summed E-state index contributed by atoms with van der Waals surface area (Å²) in [5, 5.41) is 0. The highest BCUT2D eigenvalue weighted by Crippen LogP contribution is 2.32. The number of nitrogens with zero attached hydrogens (tertiary/aromatic N) is 1. The van der Waals surface area contributed by atoms with Gasteiger partial charge in [0.25, 0.3) is 0 Å². The highest BCUT2D eigenvalue weighted by molar-refractivity contribution is 5.78. The van der Waals surface area contributed by atoms with Crippen molar-refractivity contribution >= 4 is 11.0 Å². The Hall–Kier alpha value is -2.50. The molecule has 114 valence electrons. The summed E-state index contributed by atoms with van der Waals surface area (Å²) in [5.41, 5.74) is 1.02. The quantitative estimate of drug-likeness (QED) is 0.770. The molecule has 1 N–H and O–H groups in total. The second-order valence-corrected chi connectivity index (χ2v) is 5.14. The van der Waals surface area contributed by atoms with Crippen molar-refractivity contribution in [2.45, 2.75) is 19.6 Å². The van der Waals surface area contributed by atoms with E-state index in [9.17, 15) is 18.0 Å². The van der Waals surface area contributed by atoms with E-state index >= 15 is 0 Å². The summed E-state index contributed by atoms with van der Waals surface area (Å²) in [6, 6.07) is 10.7. The van der Waals surface area contributed by atoms with Crippen LogP contribution < -0.4 is 5.69 Å². The van der Waals surface area contributed by atoms with Crippen LogP contribution in [-0.4, -0.2) is 9.55 Å². The minimum absolute atomic E-state index is 0.0706. The molecule has 0 spiro atoms. The zero-order valence-electron chi connectivity index (χ0n) is 11.7. The molecule has 0 bridgehead atoms. The maximum Gasteiger partial charge on any atom is 0.416 e. The summed E-state index contributed by atoms with van der Waals surface area (Å²) in [7, 11) is 0. The molecule has 0 aliphatic rings. The van der Waals surface area contributed by atoms with Crippen LogP contribution in [0.1, 0.15) is 16.7 Å². The summed E-state index contributed by atoms with van der Waals surface area (Å²) in [6.45, 7) is 1.70. The Labute approximate surface area is 124 Å². The molecule has 1 aromatic heterocycles. The Balaban J connectivity index is 2.17. The molecular formula is C16H13F3N2O. The van der Waals surface area contributed by atoms with Crippen LogP contribution in [0.5, 0.6) is 0 Å². The number of imidazole rings is 1. The van der Waals surface area contributed by atoms with Gasteiger partial charge in [0.15, 0.2) is 0 Å². The topological polar surface area (TPSA) is 37.8 Å². The number of aromatic nitrogens is 2. The molecule has 0 saturated heterocycles. The minimum Gasteiger partial charge on any atom is -0.306 e. The average Bonchev–Trinajstić information content (AvgIpc) is 2.76. The molecule has 0 saturated carbocycles. The van der Waals surface area contributed by atoms with E-state index in [0.29, 0.717) is 11.0 Å². The van der Waals surface area contributed by atoms with Gasteiger partial charge in [-0.2, -0.15) is 13.2 Å². The molecule has 6 heteroatoms. The van der Waals surface area contributed by atoms with Crippen LogP contribution in [0.2, 0.25) is 0 Å². The molecule has 3 nitrogen and oxygen atoms in total. The molecule has 0 fully saturated rings. The van der Waals surface area contributed by atoms with Gasteiger partial charge in [-0.3, -0.25) is 4.57 Å². The van der Waals surface area contributed by atoms with E-state index in [1.54, 1.807) is 12.1 Å². The van der Waals surface area contributed by atoms with Gasteiger partial charge in [-0.1, -0.05) is 30.3 Å². The number of fused-ring (bicyclic) bond motifs is 1. The van der Waals surface area contributed by atoms with Crippen molar-refractivity contribution in [1.29, 1.82) is 0 Å². The number of benzene rings is 2. The second kappa shape index (κ2) is 5.05. The number of hydrogen-bond acceptors (Lipinski definition) is 1. The Bertz CT molecular complexity index is 890. The normalized spacial score (nSPS) is 12.0. The van der Waals surface area contributed by atoms with Crippen molar-refractivity contribution in [3.63, 3.8) is 0 Å². The Morgan fingerprint density at radius 3 is 2.55 bits per heavy atom. The Kier molecular flexibility index (Phi) is 3.31. The third kappa shape index (κ3) is 2.41. The van der Waals surface area contributed by atoms with E-state index in [1.165, 1.54) is 22.8 Å². The number of aryl methyl sites for hydroxylation is 1. The fraction of sp³-hybridized carbons (Fsp3) is 0.188. The number of hydrogen-bond donors (Lipinski definition) is 1. The predicted molar refractivity (Wildman–Crippen MR) is 77.8 cm³/mol. The maximum absolute atomic E-state index is 13.1. The number of nitrogens with one attached hydrogen (secondary N) is 1. The highest BCUT2D eigenvalue weighted by atomic mass is 19.4. The molecule has 22 heavy (non-hydrogen) atoms. The summed E-state index contributed by atoms with van der Waals surface area (Å²) in [6.07, 6.45) is -4.44. The molecule has 0 atom stereocenters. The van der Waals surface area contributed by atoms with Crippen molar-refractivity contribution in [2.24, 2.45) is 0 Å². The van der Waals surface area contributed by atoms with E-state index in [-0.39, 0.29) is 12.1 Å². The number of rotatable bonds is 2. The summed E-state index contributed by atoms with van der Waals surface area (Å²) in [5.74, 6) is 0. The van der Waals surface area contributed by atoms with Crippen LogP contribution in [0, 0.1) is 6.92 Å². The fourth-order valence-corrected chi connectivity index (χ4v) is 2.66. The predicted octanol–water partition coefficient (Wildman–Crippen LogP) is 3.71. The number of alkyl halides is 3. The molecule has 0 unspecified atom stereocenters. The van der Waals surface area contributed by atoms with Crippen molar-refractivity contribution in [3.05, 3.63) is 69.6 Å². The number of aromatic amines is 1. The van der Waals surface area contributed by atoms with Gasteiger partial charge in [0, 0.05) is 0 Å². The van der Waals surface area contributed by atoms with Crippen LogP contribution in [-0.2, 0) is 12.7 Å². The molecule has 0 amide bonds. The third-order valence-electron chi connectivity index (χ3n) is 3.65. The van der Waals surface area contributed by atoms with E-state index in [0.717, 1.165) is 11.6 Å². The van der Waals surface area contributed by atoms with Gasteiger partial charge in [-0.15, -0.1) is 0 Å². The lowest BCUT2D eigenvalue weighted by atomic mass is 10.1. The van der Waals surface area contributed by atoms with Gasteiger partial charge in [-0.25, -0.2) is 4.79 Å². The van der Waals surface area contributed by atoms with Gasteiger partial charge in [0.1, 0.15) is 0 Å². The molecule has 0 radical (unpaired) electrons. The van der Waals surface area contributed by atoms with Crippen LogP contribution in [0.4, 0.5) is 13.2 Å². The van der Waals surface area contributed by atoms with Gasteiger partial charge < -0.3 is 4.98 Å². The van der Waals surface area contributed by atoms with E-state index in [1.807, 2.05) is 13.0 Å². The zero-order chi connectivity index (χ0) is 15.9. The van der Waals surface area contributed by atoms with Crippen LogP contribution in [0.25, 0.3) is 11.0 Å². The first-order valence-electron chi connectivity index (χ1n) is 6.71. The first-order chi connectivity index (χ1) is 10.4. The first kappa shape index (κ1) is 14.4. The van der Waals surface area contributed by atoms with Crippen LogP contribution >= 0.6 is 0 Å². The lowest BCUT2D eigenvalue weighted by molar-refractivity contribution is -0.138. The third-order valence-corrected chi connectivity index (χ3v) is 3.65. The molecule has 1 heterocycles. The molecule has 3 aromatic rings. The number of H-pyrrole nitrogens is 1. The molecular weight excluding hydrogens is 293 g/mol. The van der Waals surface area contributed by atoms with Crippen LogP contribution in [0.3, 0.4) is 0 Å². The molecule has 0 aliphatic carbocycles. The summed E-state index contributed by atoms with van der Waals surface area (Å²) in [4.78, 5) is 14.8. The van der Waals surface area contributed by atoms with Gasteiger partial charge in [0.2, 0.25) is 0 Å². The Morgan fingerprint density at radius 2 is 1.82 bits per heavy atom. The average molecular weight is 306 g/mol. The number of para-hydroxylation sites is 1. The minimum atomic E-state index is -4.44. The van der Waals surface area contributed by atoms with Crippen molar-refractivity contribution < 1.29 is 13.2 Å². The first-order valence-corrected chi connectivity index (χ1v) is 6.71. The van der Waals surface area contributed by atoms with Gasteiger partial charge in [-0.05, 0) is 30.2 Å². The monoisotopic (exact) mass is 306 g/mol. The fourth-order valence-electron chi connectivity index (χ4n) is 2.66. The largest absolute Gasteiger partial charge is 0.416 e. The van der Waals surface area contributed by atoms with Gasteiger partial charge in [0.05, 0.1) is 23.1 Å². The van der Waals surface area contributed by atoms with Crippen molar-refractivity contribution in [2.75, 3.05) is 0 Å².